The summed E-state index contributed by atoms with van der Waals surface area (Å²) in [6.45, 7) is 6.01. The lowest BCUT2D eigenvalue weighted by Gasteiger charge is -2.28. The highest BCUT2D eigenvalue weighted by molar-refractivity contribution is 6.33. The first kappa shape index (κ1) is 24.0. The number of aliphatic carboxylic acids is 1. The highest BCUT2D eigenvalue weighted by atomic mass is 35.5. The molecule has 0 aliphatic carbocycles. The first-order valence-corrected chi connectivity index (χ1v) is 11.8. The van der Waals surface area contributed by atoms with Gasteiger partial charge in [0, 0.05) is 36.0 Å². The van der Waals surface area contributed by atoms with E-state index in [1.54, 1.807) is 6.07 Å². The number of hydrogen-bond donors (Lipinski definition) is 2. The van der Waals surface area contributed by atoms with E-state index in [1.807, 2.05) is 24.3 Å². The maximum Gasteiger partial charge on any atom is 0.313 e. The predicted octanol–water partition coefficient (Wildman–Crippen LogP) is 5.41. The number of halogens is 2. The van der Waals surface area contributed by atoms with E-state index < -0.39 is 17.2 Å². The molecule has 0 spiro atoms. The molecule has 0 saturated carbocycles. The van der Waals surface area contributed by atoms with Crippen LogP contribution in [0.2, 0.25) is 5.02 Å². The van der Waals surface area contributed by atoms with Crippen molar-refractivity contribution in [2.45, 2.75) is 19.3 Å². The number of fused-ring (bicyclic) bond motifs is 1. The molecule has 2 aromatic heterocycles. The van der Waals surface area contributed by atoms with Crippen molar-refractivity contribution in [3.05, 3.63) is 64.9 Å². The third-order valence-corrected chi connectivity index (χ3v) is 6.57. The van der Waals surface area contributed by atoms with Crippen LogP contribution in [-0.4, -0.2) is 52.3 Å². The van der Waals surface area contributed by atoms with Crippen molar-refractivity contribution in [3.63, 3.8) is 0 Å². The van der Waals surface area contributed by atoms with Gasteiger partial charge in [0.05, 0.1) is 34.9 Å². The van der Waals surface area contributed by atoms with Gasteiger partial charge in [-0.05, 0) is 38.1 Å². The number of pyridine rings is 1. The third kappa shape index (κ3) is 4.59. The number of nitrogens with zero attached hydrogens (tertiary/aromatic N) is 3. The quantitative estimate of drug-likeness (QED) is 0.358. The third-order valence-electron chi connectivity index (χ3n) is 6.28. The van der Waals surface area contributed by atoms with Gasteiger partial charge >= 0.3 is 12.0 Å². The van der Waals surface area contributed by atoms with Gasteiger partial charge in [-0.2, -0.15) is 4.98 Å². The highest BCUT2D eigenvalue weighted by Gasteiger charge is 2.32. The predicted molar refractivity (Wildman–Crippen MR) is 135 cm³/mol. The molecule has 1 aliphatic heterocycles. The number of anilines is 1. The number of aromatic nitrogens is 3. The normalized spacial score (nSPS) is 14.3. The second-order valence-electron chi connectivity index (χ2n) is 9.05. The smallest absolute Gasteiger partial charge is 0.313 e. The topological polar surface area (TPSA) is 101 Å². The minimum absolute atomic E-state index is 0.0599. The van der Waals surface area contributed by atoms with Crippen LogP contribution in [0.15, 0.2) is 48.5 Å². The summed E-state index contributed by atoms with van der Waals surface area (Å²) < 4.78 is 25.7. The van der Waals surface area contributed by atoms with E-state index in [4.69, 9.17) is 21.1 Å². The van der Waals surface area contributed by atoms with Gasteiger partial charge < -0.3 is 24.5 Å². The number of imidazole rings is 1. The van der Waals surface area contributed by atoms with E-state index in [0.29, 0.717) is 35.1 Å². The number of morpholine rings is 1. The second-order valence-corrected chi connectivity index (χ2v) is 9.46. The zero-order valence-corrected chi connectivity index (χ0v) is 20.5. The van der Waals surface area contributed by atoms with Crippen molar-refractivity contribution in [2.75, 3.05) is 31.2 Å². The van der Waals surface area contributed by atoms with Gasteiger partial charge in [0.1, 0.15) is 11.6 Å². The molecule has 4 aromatic rings. The molecule has 5 rings (SSSR count). The average Bonchev–Trinajstić information content (AvgIpc) is 3.24. The summed E-state index contributed by atoms with van der Waals surface area (Å²) in [6, 6.07) is 13.9. The number of carbonyl (C=O) groups is 1. The molecule has 1 aliphatic rings. The van der Waals surface area contributed by atoms with Gasteiger partial charge in [0.25, 0.3) is 0 Å². The maximum absolute atomic E-state index is 14.6. The number of hydrogen-bond acceptors (Lipinski definition) is 6. The Morgan fingerprint density at radius 2 is 1.86 bits per heavy atom. The van der Waals surface area contributed by atoms with Crippen molar-refractivity contribution in [2.24, 2.45) is 0 Å². The Morgan fingerprint density at radius 1 is 1.14 bits per heavy atom. The minimum atomic E-state index is -1.38. The lowest BCUT2D eigenvalue weighted by molar-refractivity contribution is -0.142. The molecule has 1 saturated heterocycles. The number of rotatable bonds is 6. The number of benzene rings is 2. The Labute approximate surface area is 211 Å². The molecule has 186 valence electrons. The number of nitrogens with one attached hydrogen (secondary N) is 1. The van der Waals surface area contributed by atoms with Crippen LogP contribution in [0.5, 0.6) is 11.8 Å². The van der Waals surface area contributed by atoms with Crippen LogP contribution in [0, 0.1) is 5.82 Å². The molecule has 3 heterocycles. The van der Waals surface area contributed by atoms with E-state index in [1.165, 1.54) is 26.0 Å². The zero-order valence-electron chi connectivity index (χ0n) is 19.7. The monoisotopic (exact) mass is 510 g/mol. The molecule has 0 bridgehead atoms. The molecule has 0 radical (unpaired) electrons. The summed E-state index contributed by atoms with van der Waals surface area (Å²) in [5, 5.41) is 9.81. The van der Waals surface area contributed by atoms with E-state index in [9.17, 15) is 14.3 Å². The summed E-state index contributed by atoms with van der Waals surface area (Å²) >= 11 is 6.53. The summed E-state index contributed by atoms with van der Waals surface area (Å²) in [7, 11) is 0. The molecule has 0 unspecified atom stereocenters. The van der Waals surface area contributed by atoms with E-state index in [2.05, 4.69) is 19.9 Å². The van der Waals surface area contributed by atoms with Gasteiger partial charge in [-0.25, -0.2) is 9.37 Å². The van der Waals surface area contributed by atoms with Gasteiger partial charge in [-0.1, -0.05) is 29.8 Å². The summed E-state index contributed by atoms with van der Waals surface area (Å²) in [5.41, 5.74) is 2.19. The van der Waals surface area contributed by atoms with E-state index >= 15 is 0 Å². The Hall–Kier alpha value is -3.69. The Bertz CT molecular complexity index is 1430. The van der Waals surface area contributed by atoms with Crippen LogP contribution in [-0.2, 0) is 14.9 Å². The van der Waals surface area contributed by atoms with Gasteiger partial charge in [-0.15, -0.1) is 0 Å². The molecular weight excluding hydrogens is 487 g/mol. The summed E-state index contributed by atoms with van der Waals surface area (Å²) in [4.78, 5) is 25.7. The van der Waals surface area contributed by atoms with Crippen LogP contribution in [0.1, 0.15) is 19.4 Å². The van der Waals surface area contributed by atoms with E-state index in [0.717, 1.165) is 30.4 Å². The van der Waals surface area contributed by atoms with Crippen molar-refractivity contribution in [3.8, 4) is 23.0 Å². The molecule has 8 nitrogen and oxygen atoms in total. The average molecular weight is 511 g/mol. The molecule has 36 heavy (non-hydrogen) atoms. The van der Waals surface area contributed by atoms with Crippen LogP contribution in [0.25, 0.3) is 22.4 Å². The molecule has 10 heteroatoms. The molecule has 0 amide bonds. The molecule has 1 fully saturated rings. The molecular formula is C26H24ClFN4O4. The lowest BCUT2D eigenvalue weighted by Crippen LogP contribution is -2.36. The Kier molecular flexibility index (Phi) is 6.27. The fourth-order valence-corrected chi connectivity index (χ4v) is 4.35. The largest absolute Gasteiger partial charge is 0.481 e. The van der Waals surface area contributed by atoms with Crippen LogP contribution in [0.4, 0.5) is 10.1 Å². The second kappa shape index (κ2) is 9.40. The first-order valence-electron chi connectivity index (χ1n) is 11.4. The number of H-pyrrole nitrogens is 1. The SMILES string of the molecule is CC(C)(C(=O)O)c1ccc(Oc2nc3nc(-c4ccc(N5CCOCC5)cc4)c(Cl)cc3[nH]2)cc1F. The minimum Gasteiger partial charge on any atom is -0.481 e. The number of aromatic amines is 1. The molecule has 0 atom stereocenters. The summed E-state index contributed by atoms with van der Waals surface area (Å²) in [6.07, 6.45) is 0. The Morgan fingerprint density at radius 3 is 2.53 bits per heavy atom. The van der Waals surface area contributed by atoms with Crippen molar-refractivity contribution in [1.82, 2.24) is 15.0 Å². The van der Waals surface area contributed by atoms with Crippen LogP contribution in [0.3, 0.4) is 0 Å². The zero-order chi connectivity index (χ0) is 25.4. The number of ether oxygens (including phenoxy) is 2. The standard InChI is InChI=1S/C26H24ClFN4O4/c1-26(2,24(33)34)18-8-7-17(13-20(18)28)36-25-29-21-14-19(27)22(30-23(21)31-25)15-3-5-16(6-4-15)32-9-11-35-12-10-32/h3-8,13-14H,9-12H2,1-2H3,(H,33,34)(H,29,30,31). The fraction of sp³-hybridized carbons (Fsp3) is 0.269. The van der Waals surface area contributed by atoms with Crippen LogP contribution >= 0.6 is 11.6 Å². The van der Waals surface area contributed by atoms with E-state index in [-0.39, 0.29) is 17.3 Å². The van der Waals surface area contributed by atoms with Crippen molar-refractivity contribution in [1.29, 1.82) is 0 Å². The van der Waals surface area contributed by atoms with Crippen LogP contribution < -0.4 is 9.64 Å². The maximum atomic E-state index is 14.6. The number of carboxylic acid groups (broad SMARTS) is 1. The Balaban J connectivity index is 1.38. The fourth-order valence-electron chi connectivity index (χ4n) is 4.09. The van der Waals surface area contributed by atoms with Gasteiger partial charge in [0.2, 0.25) is 0 Å². The van der Waals surface area contributed by atoms with Gasteiger partial charge in [0.15, 0.2) is 5.65 Å². The highest BCUT2D eigenvalue weighted by Crippen LogP contribution is 2.33. The summed E-state index contributed by atoms with van der Waals surface area (Å²) in [5.74, 6) is -1.64. The van der Waals surface area contributed by atoms with Gasteiger partial charge in [-0.3, -0.25) is 4.79 Å². The van der Waals surface area contributed by atoms with Crippen molar-refractivity contribution >= 4 is 34.4 Å². The molecule has 2 aromatic carbocycles. The molecule has 2 N–H and O–H groups in total. The first-order chi connectivity index (χ1) is 17.2. The lowest BCUT2D eigenvalue weighted by atomic mass is 9.84. The van der Waals surface area contributed by atoms with Crippen molar-refractivity contribution < 1.29 is 23.8 Å². The number of carboxylic acids is 1.